The van der Waals surface area contributed by atoms with Gasteiger partial charge in [0.1, 0.15) is 0 Å². The van der Waals surface area contributed by atoms with E-state index in [1.807, 2.05) is 50.7 Å². The van der Waals surface area contributed by atoms with Crippen LogP contribution in [0, 0.1) is 6.92 Å². The Bertz CT molecular complexity index is 1320. The maximum absolute atomic E-state index is 7.00. The van der Waals surface area contributed by atoms with E-state index < -0.39 is 0 Å². The molecule has 0 bridgehead atoms. The normalized spacial score (nSPS) is 17.1. The van der Waals surface area contributed by atoms with Crippen molar-refractivity contribution in [2.75, 3.05) is 27.1 Å². The Hall–Kier alpha value is -2.71. The largest absolute Gasteiger partial charge is 0.493 e. The summed E-state index contributed by atoms with van der Waals surface area (Å²) in [6.45, 7) is 14.5. The molecule has 256 valence electrons. The van der Waals surface area contributed by atoms with Gasteiger partial charge in [-0.3, -0.25) is 4.99 Å². The summed E-state index contributed by atoms with van der Waals surface area (Å²) in [6.07, 6.45) is 12.4. The van der Waals surface area contributed by atoms with Gasteiger partial charge in [-0.15, -0.1) is 0 Å². The first-order valence-corrected chi connectivity index (χ1v) is 17.7. The summed E-state index contributed by atoms with van der Waals surface area (Å²) in [5.41, 5.74) is 14.3. The molecule has 46 heavy (non-hydrogen) atoms. The van der Waals surface area contributed by atoms with Gasteiger partial charge in [0.05, 0.1) is 31.9 Å². The summed E-state index contributed by atoms with van der Waals surface area (Å²) in [6, 6.07) is 5.74. The third-order valence-electron chi connectivity index (χ3n) is 7.49. The number of aliphatic hydroxyl groups excluding tert-OH is 1. The van der Waals surface area contributed by atoms with Gasteiger partial charge in [0, 0.05) is 58.6 Å². The highest BCUT2D eigenvalue weighted by Gasteiger charge is 2.22. The molecule has 10 heteroatoms. The summed E-state index contributed by atoms with van der Waals surface area (Å²) in [5.74, 6) is 3.98. The van der Waals surface area contributed by atoms with Crippen molar-refractivity contribution in [2.24, 2.45) is 10.7 Å². The number of thioether (sulfide) groups is 1. The Morgan fingerprint density at radius 1 is 1.15 bits per heavy atom. The number of aryl methyl sites for hydroxylation is 1. The van der Waals surface area contributed by atoms with Crippen molar-refractivity contribution < 1.29 is 19.3 Å². The summed E-state index contributed by atoms with van der Waals surface area (Å²) in [4.78, 5) is 13.8. The fraction of sp³-hybridized carbons (Fsp3) is 0.528. The molecule has 3 atom stereocenters. The SMILES string of the molecule is CC=N/C(C)=C(/C=C\CCC)C(\N)=C(/C)CC.CO.COc1ccc(-c2nc(C)c(CSCC3CCC(C)O3)c(P)n2)cc1OC. The van der Waals surface area contributed by atoms with Crippen molar-refractivity contribution in [1.29, 1.82) is 0 Å². The van der Waals surface area contributed by atoms with E-state index in [-0.39, 0.29) is 0 Å². The predicted octanol–water partition coefficient (Wildman–Crippen LogP) is 7.73. The van der Waals surface area contributed by atoms with Gasteiger partial charge in [-0.05, 0) is 84.1 Å². The zero-order valence-electron chi connectivity index (χ0n) is 29.6. The maximum atomic E-state index is 7.00. The highest BCUT2D eigenvalue weighted by molar-refractivity contribution is 7.98. The van der Waals surface area contributed by atoms with Crippen molar-refractivity contribution in [3.8, 4) is 22.9 Å². The van der Waals surface area contributed by atoms with Crippen molar-refractivity contribution in [1.82, 2.24) is 9.97 Å². The number of rotatable bonds is 13. The van der Waals surface area contributed by atoms with Crippen LogP contribution in [-0.4, -0.2) is 60.6 Å². The first kappa shape index (κ1) is 41.3. The standard InChI is InChI=1S/C20H27N2O3PS.C15H26N2.CH4O/c1-12-5-7-15(25-12)10-27-11-16-13(2)21-19(22-20(16)26)14-6-8-17(23-3)18(9-14)24-4;1-6-9-10-11-14(13(5)17-8-3)15(16)12(4)7-2;1-2/h6,8-9,12,15H,5,7,10-11,26H2,1-4H3;8,10-11H,6-7,9,16H2,1-5H3;2H,1H3/b;11-10-,14-13-,15-12-,17-8?;. The van der Waals surface area contributed by atoms with E-state index in [0.29, 0.717) is 29.5 Å². The van der Waals surface area contributed by atoms with Crippen LogP contribution >= 0.6 is 21.0 Å². The molecule has 1 aromatic carbocycles. The molecule has 1 saturated heterocycles. The van der Waals surface area contributed by atoms with Crippen LogP contribution in [0.15, 0.2) is 57.9 Å². The number of aromatic nitrogens is 2. The molecule has 1 aliphatic heterocycles. The van der Waals surface area contributed by atoms with E-state index in [0.717, 1.165) is 78.0 Å². The number of benzene rings is 1. The van der Waals surface area contributed by atoms with E-state index in [1.54, 1.807) is 20.4 Å². The first-order valence-electron chi connectivity index (χ1n) is 15.9. The Balaban J connectivity index is 0.000000483. The molecule has 2 heterocycles. The predicted molar refractivity (Wildman–Crippen MR) is 201 cm³/mol. The lowest BCUT2D eigenvalue weighted by atomic mass is 10.0. The van der Waals surface area contributed by atoms with Crippen LogP contribution in [0.5, 0.6) is 11.5 Å². The van der Waals surface area contributed by atoms with Gasteiger partial charge < -0.3 is 25.1 Å². The lowest BCUT2D eigenvalue weighted by Gasteiger charge is -2.14. The quantitative estimate of drug-likeness (QED) is 0.126. The third-order valence-corrected chi connectivity index (χ3v) is 9.07. The van der Waals surface area contributed by atoms with E-state index in [9.17, 15) is 0 Å². The summed E-state index contributed by atoms with van der Waals surface area (Å²) in [5, 5.41) is 7.00. The molecule has 1 aliphatic rings. The number of hydrogen-bond donors (Lipinski definition) is 2. The van der Waals surface area contributed by atoms with Crippen molar-refractivity contribution in [2.45, 2.75) is 98.5 Å². The Kier molecular flexibility index (Phi) is 20.4. The number of hydrogen-bond acceptors (Lipinski definition) is 9. The van der Waals surface area contributed by atoms with Gasteiger partial charge in [-0.25, -0.2) is 9.97 Å². The second kappa shape index (κ2) is 22.8. The van der Waals surface area contributed by atoms with E-state index in [1.165, 1.54) is 17.6 Å². The second-order valence-electron chi connectivity index (χ2n) is 10.9. The number of aliphatic hydroxyl groups is 1. The minimum Gasteiger partial charge on any atom is -0.493 e. The molecular weight excluding hydrogens is 615 g/mol. The number of methoxy groups -OCH3 is 2. The van der Waals surface area contributed by atoms with Crippen LogP contribution in [0.2, 0.25) is 0 Å². The minimum absolute atomic E-state index is 0.380. The van der Waals surface area contributed by atoms with Crippen LogP contribution < -0.4 is 20.6 Å². The lowest BCUT2D eigenvalue weighted by Crippen LogP contribution is -2.14. The van der Waals surface area contributed by atoms with Gasteiger partial charge in [0.25, 0.3) is 0 Å². The average Bonchev–Trinajstić information content (AvgIpc) is 3.49. The molecule has 0 radical (unpaired) electrons. The van der Waals surface area contributed by atoms with E-state index in [2.05, 4.69) is 54.1 Å². The zero-order chi connectivity index (χ0) is 34.6. The average molecular weight is 673 g/mol. The molecule has 8 nitrogen and oxygen atoms in total. The number of aliphatic imine (C=N–C) groups is 1. The van der Waals surface area contributed by atoms with E-state index in [4.69, 9.17) is 35.0 Å². The van der Waals surface area contributed by atoms with Crippen LogP contribution in [-0.2, 0) is 10.5 Å². The molecule has 0 saturated carbocycles. The van der Waals surface area contributed by atoms with Gasteiger partial charge in [-0.1, -0.05) is 41.7 Å². The van der Waals surface area contributed by atoms with Gasteiger partial charge in [0.2, 0.25) is 0 Å². The smallest absolute Gasteiger partial charge is 0.161 e. The van der Waals surface area contributed by atoms with Crippen molar-refractivity contribution in [3.05, 3.63) is 64.1 Å². The second-order valence-corrected chi connectivity index (χ2v) is 12.4. The molecule has 1 aromatic heterocycles. The van der Waals surface area contributed by atoms with Crippen LogP contribution in [0.25, 0.3) is 11.4 Å². The molecule has 2 aromatic rings. The molecule has 0 aliphatic carbocycles. The highest BCUT2D eigenvalue weighted by Crippen LogP contribution is 2.31. The van der Waals surface area contributed by atoms with Crippen LogP contribution in [0.4, 0.5) is 0 Å². The topological polar surface area (TPSA) is 112 Å². The molecule has 1 fully saturated rings. The monoisotopic (exact) mass is 672 g/mol. The molecule has 0 amide bonds. The summed E-state index contributed by atoms with van der Waals surface area (Å²) >= 11 is 1.89. The fourth-order valence-electron chi connectivity index (χ4n) is 4.66. The lowest BCUT2D eigenvalue weighted by molar-refractivity contribution is 0.0700. The maximum Gasteiger partial charge on any atom is 0.161 e. The Morgan fingerprint density at radius 3 is 2.39 bits per heavy atom. The third kappa shape index (κ3) is 13.2. The van der Waals surface area contributed by atoms with Crippen LogP contribution in [0.1, 0.15) is 84.9 Å². The van der Waals surface area contributed by atoms with Crippen molar-refractivity contribution in [3.63, 3.8) is 0 Å². The molecule has 3 unspecified atom stereocenters. The minimum atomic E-state index is 0.380. The number of unbranched alkanes of at least 4 members (excludes halogenated alkanes) is 1. The summed E-state index contributed by atoms with van der Waals surface area (Å²) in [7, 11) is 7.01. The zero-order valence-corrected chi connectivity index (χ0v) is 31.6. The fourth-order valence-corrected chi connectivity index (χ4v) is 6.43. The highest BCUT2D eigenvalue weighted by atomic mass is 32.2. The number of nitrogens with two attached hydrogens (primary N) is 1. The summed E-state index contributed by atoms with van der Waals surface area (Å²) < 4.78 is 16.6. The number of nitrogens with zero attached hydrogens (tertiary/aromatic N) is 3. The Labute approximate surface area is 284 Å². The van der Waals surface area contributed by atoms with E-state index >= 15 is 0 Å². The number of allylic oxidation sites excluding steroid dienone is 4. The van der Waals surface area contributed by atoms with Gasteiger partial charge in [0.15, 0.2) is 17.3 Å². The Morgan fingerprint density at radius 2 is 1.85 bits per heavy atom. The van der Waals surface area contributed by atoms with Gasteiger partial charge >= 0.3 is 0 Å². The van der Waals surface area contributed by atoms with Crippen molar-refractivity contribution >= 4 is 32.7 Å². The molecule has 3 rings (SSSR count). The molecule has 0 spiro atoms. The molecular formula is C36H57N4O4PS. The number of ether oxygens (including phenoxy) is 3. The van der Waals surface area contributed by atoms with Gasteiger partial charge in [-0.2, -0.15) is 11.8 Å². The molecule has 3 N–H and O–H groups in total. The van der Waals surface area contributed by atoms with Crippen LogP contribution in [0.3, 0.4) is 0 Å². The first-order chi connectivity index (χ1) is 22.1.